The summed E-state index contributed by atoms with van der Waals surface area (Å²) in [5, 5.41) is 87.4. The van der Waals surface area contributed by atoms with Crippen LogP contribution in [0.1, 0.15) is 114 Å². The molecule has 2 aromatic carbocycles. The van der Waals surface area contributed by atoms with Crippen molar-refractivity contribution in [3.05, 3.63) is 58.7 Å². The van der Waals surface area contributed by atoms with Gasteiger partial charge in [0.15, 0.2) is 12.2 Å². The van der Waals surface area contributed by atoms with E-state index in [1.165, 1.54) is 50.2 Å². The summed E-state index contributed by atoms with van der Waals surface area (Å²) in [6.07, 6.45) is -19.1. The summed E-state index contributed by atoms with van der Waals surface area (Å²) in [4.78, 5) is 95.0. The fraction of sp³-hybridized carbons (Fsp3) is 0.661. The summed E-state index contributed by atoms with van der Waals surface area (Å²) >= 11 is 0. The van der Waals surface area contributed by atoms with Gasteiger partial charge in [-0.2, -0.15) is 0 Å². The molecule has 0 aromatic heterocycles. The van der Waals surface area contributed by atoms with Gasteiger partial charge in [-0.05, 0) is 104 Å². The van der Waals surface area contributed by atoms with Crippen molar-refractivity contribution in [1.82, 2.24) is 15.5 Å². The number of carbonyl (C=O) groups excluding carboxylic acids is 5. The first-order chi connectivity index (χ1) is 40.1. The van der Waals surface area contributed by atoms with Gasteiger partial charge >= 0.3 is 23.9 Å². The van der Waals surface area contributed by atoms with Crippen LogP contribution in [0.15, 0.2) is 36.4 Å². The molecule has 0 radical (unpaired) electrons. The third-order valence-electron chi connectivity index (χ3n) is 13.4. The van der Waals surface area contributed by atoms with Crippen LogP contribution in [0.25, 0.3) is 0 Å². The molecule has 10 atom stereocenters. The number of carbonyl (C=O) groups is 7. The number of nitrogens with two attached hydrogens (primary N) is 1. The second kappa shape index (κ2) is 32.1. The van der Waals surface area contributed by atoms with Crippen molar-refractivity contribution in [2.45, 2.75) is 179 Å². The van der Waals surface area contributed by atoms with E-state index in [0.29, 0.717) is 11.1 Å². The molecule has 2 fully saturated rings. The molecule has 0 saturated carbocycles. The molecule has 30 nitrogen and oxygen atoms in total. The lowest BCUT2D eigenvalue weighted by atomic mass is 9.99. The van der Waals surface area contributed by atoms with Gasteiger partial charge in [0, 0.05) is 26.9 Å². The molecule has 0 bridgehead atoms. The first kappa shape index (κ1) is 72.2. The number of benzene rings is 2. The Morgan fingerprint density at radius 3 is 1.31 bits per heavy atom. The van der Waals surface area contributed by atoms with Gasteiger partial charge in [0.2, 0.25) is 18.5 Å². The standard InChI is InChI=1S/C56H84N4O26/c1-30(61)78-25-32-11-13-36(83-51-43(68)39(64)41(66)45(85-51)49(72)73)34(23-32)47(70)58-53(3,4)28-80-55(7,8)15-17-60(38(63)27-77-20-19-76-21-22-82-57)18-16-56(9,10)81-29-54(5,6)59-48(71)35-24-33(26-79-31(2)62)12-14-37(35)84-52-44(69)40(65)42(67)46(86-52)50(74)75/h11-14,23-24,39-46,51-52,64-69H,15-22,25-29,57H2,1-10H3,(H,58,70)(H,59,71)(H,72,73)(H,74,75)/t39-,40-,41-,42-,43+,44+,45-,46-,51+,52+/m0/s1. The molecule has 2 heterocycles. The summed E-state index contributed by atoms with van der Waals surface area (Å²) in [7, 11) is 0. The van der Waals surface area contributed by atoms with Crippen LogP contribution < -0.4 is 26.0 Å². The van der Waals surface area contributed by atoms with Crippen molar-refractivity contribution in [2.24, 2.45) is 5.90 Å². The van der Waals surface area contributed by atoms with Gasteiger partial charge in [-0.1, -0.05) is 12.1 Å². The Balaban J connectivity index is 1.46. The van der Waals surface area contributed by atoms with E-state index in [0.717, 1.165) is 0 Å². The van der Waals surface area contributed by atoms with Crippen LogP contribution in [0.5, 0.6) is 11.5 Å². The van der Waals surface area contributed by atoms with E-state index in [2.05, 4.69) is 15.5 Å². The second-order valence-corrected chi connectivity index (χ2v) is 23.1. The highest BCUT2D eigenvalue weighted by atomic mass is 16.7. The quantitative estimate of drug-likeness (QED) is 0.0232. The third kappa shape index (κ3) is 22.5. The predicted octanol–water partition coefficient (Wildman–Crippen LogP) is -0.805. The zero-order valence-electron chi connectivity index (χ0n) is 49.9. The van der Waals surface area contributed by atoms with Gasteiger partial charge in [0.05, 0.1) is 73.0 Å². The Labute approximate surface area is 496 Å². The summed E-state index contributed by atoms with van der Waals surface area (Å²) < 4.78 is 56.1. The number of hydrogen-bond donors (Lipinski definition) is 11. The minimum Gasteiger partial charge on any atom is -0.479 e. The zero-order chi connectivity index (χ0) is 64.5. The van der Waals surface area contributed by atoms with Crippen molar-refractivity contribution in [3.63, 3.8) is 0 Å². The lowest BCUT2D eigenvalue weighted by molar-refractivity contribution is -0.271. The lowest BCUT2D eigenvalue weighted by Gasteiger charge is -2.38. The summed E-state index contributed by atoms with van der Waals surface area (Å²) in [5.74, 6) is -1.79. The molecular formula is C56H84N4O26. The largest absolute Gasteiger partial charge is 0.479 e. The van der Waals surface area contributed by atoms with Crippen LogP contribution in [0.2, 0.25) is 0 Å². The number of aliphatic hydroxyl groups is 6. The fourth-order valence-corrected chi connectivity index (χ4v) is 8.28. The maximum Gasteiger partial charge on any atom is 0.335 e. The molecule has 484 valence electrons. The first-order valence-corrected chi connectivity index (χ1v) is 27.4. The number of rotatable bonds is 34. The normalized spacial score (nSPS) is 22.7. The Hall–Kier alpha value is -6.23. The van der Waals surface area contributed by atoms with Crippen molar-refractivity contribution in [1.29, 1.82) is 0 Å². The highest BCUT2D eigenvalue weighted by Crippen LogP contribution is 2.31. The SMILES string of the molecule is CC(=O)OCc1ccc(O[C@@H]2O[C@H](C(=O)O)[C@@H](O)[C@H](O)[C@H]2O)c(C(=O)NC(C)(C)COC(C)(C)CCN(CCC(C)(C)OCC(C)(C)NC(=O)c2cc(COC(C)=O)ccc2O[C@@H]2O[C@H](C(=O)O)[C@@H](O)[C@H](O)[C@H]2O)C(=O)COCCOCCON)c1. The molecule has 0 aliphatic carbocycles. The highest BCUT2D eigenvalue weighted by molar-refractivity contribution is 5.98. The first-order valence-electron chi connectivity index (χ1n) is 27.4. The molecule has 86 heavy (non-hydrogen) atoms. The van der Waals surface area contributed by atoms with Gasteiger partial charge in [-0.15, -0.1) is 0 Å². The van der Waals surface area contributed by atoms with Crippen LogP contribution in [-0.4, -0.2) is 230 Å². The second-order valence-electron chi connectivity index (χ2n) is 23.1. The van der Waals surface area contributed by atoms with Crippen LogP contribution in [-0.2, 0) is 79.9 Å². The lowest BCUT2D eigenvalue weighted by Crippen LogP contribution is -2.61. The van der Waals surface area contributed by atoms with E-state index in [1.54, 1.807) is 60.3 Å². The molecule has 4 rings (SSSR count). The number of nitrogens with zero attached hydrogens (tertiary/aromatic N) is 1. The monoisotopic (exact) mass is 1230 g/mol. The molecule has 2 aliphatic rings. The minimum atomic E-state index is -2.00. The summed E-state index contributed by atoms with van der Waals surface area (Å²) in [6.45, 7) is 16.1. The zero-order valence-corrected chi connectivity index (χ0v) is 49.9. The molecule has 0 spiro atoms. The highest BCUT2D eigenvalue weighted by Gasteiger charge is 2.50. The Kier molecular flexibility index (Phi) is 27.0. The summed E-state index contributed by atoms with van der Waals surface area (Å²) in [6, 6.07) is 8.14. The smallest absolute Gasteiger partial charge is 0.335 e. The molecule has 12 N–H and O–H groups in total. The summed E-state index contributed by atoms with van der Waals surface area (Å²) in [5.41, 5.74) is -3.82. The van der Waals surface area contributed by atoms with Crippen molar-refractivity contribution in [3.8, 4) is 11.5 Å². The number of aliphatic carboxylic acids is 2. The molecule has 3 amide bonds. The van der Waals surface area contributed by atoms with Gasteiger partial charge < -0.3 is 109 Å². The topological polar surface area (TPSA) is 436 Å². The van der Waals surface area contributed by atoms with E-state index in [-0.39, 0.29) is 114 Å². The van der Waals surface area contributed by atoms with Crippen molar-refractivity contribution < 1.29 is 127 Å². The van der Waals surface area contributed by atoms with Crippen LogP contribution in [0, 0.1) is 0 Å². The number of esters is 2. The third-order valence-corrected chi connectivity index (χ3v) is 13.4. The van der Waals surface area contributed by atoms with Gasteiger partial charge in [-0.3, -0.25) is 24.0 Å². The molecule has 0 unspecified atom stereocenters. The maximum absolute atomic E-state index is 14.1. The number of carboxylic acids is 2. The minimum absolute atomic E-state index is 0.0761. The van der Waals surface area contributed by atoms with E-state index >= 15 is 0 Å². The number of hydrogen-bond acceptors (Lipinski definition) is 25. The van der Waals surface area contributed by atoms with Crippen LogP contribution in [0.3, 0.4) is 0 Å². The van der Waals surface area contributed by atoms with E-state index in [9.17, 15) is 74.4 Å². The Bertz CT molecular complexity index is 2460. The van der Waals surface area contributed by atoms with E-state index in [4.69, 9.17) is 53.3 Å². The van der Waals surface area contributed by atoms with Crippen LogP contribution in [0.4, 0.5) is 0 Å². The number of amides is 3. The number of carboxylic acid groups (broad SMARTS) is 2. The Morgan fingerprint density at radius 1 is 0.558 bits per heavy atom. The molecular weight excluding hydrogens is 1140 g/mol. The van der Waals surface area contributed by atoms with Crippen molar-refractivity contribution >= 4 is 41.6 Å². The molecule has 2 aromatic rings. The molecule has 2 aliphatic heterocycles. The van der Waals surface area contributed by atoms with Gasteiger partial charge in [0.25, 0.3) is 11.8 Å². The van der Waals surface area contributed by atoms with Crippen molar-refractivity contribution in [2.75, 3.05) is 59.3 Å². The predicted molar refractivity (Wildman–Crippen MR) is 294 cm³/mol. The van der Waals surface area contributed by atoms with E-state index in [1.807, 2.05) is 0 Å². The molecule has 2 saturated heterocycles. The Morgan fingerprint density at radius 2 is 0.942 bits per heavy atom. The average Bonchev–Trinajstić information content (AvgIpc) is 2.74. The number of aliphatic hydroxyl groups excluding tert-OH is 6. The van der Waals surface area contributed by atoms with Crippen LogP contribution >= 0.6 is 0 Å². The molecule has 30 heteroatoms. The van der Waals surface area contributed by atoms with Gasteiger partial charge in [0.1, 0.15) is 67.9 Å². The number of nitrogens with one attached hydrogen (secondary N) is 2. The van der Waals surface area contributed by atoms with Gasteiger partial charge in [-0.25, -0.2) is 15.5 Å². The van der Waals surface area contributed by atoms with E-state index < -0.39 is 119 Å². The number of ether oxygens (including phenoxy) is 10. The maximum atomic E-state index is 14.1. The fourth-order valence-electron chi connectivity index (χ4n) is 8.28. The average molecular weight is 1230 g/mol.